The Morgan fingerprint density at radius 3 is 1.27 bits per heavy atom. The number of benzene rings is 9. The number of furan rings is 1. The summed E-state index contributed by atoms with van der Waals surface area (Å²) in [6.07, 6.45) is 0. The molecule has 1 nitrogen and oxygen atoms in total. The van der Waals surface area contributed by atoms with E-state index in [-0.39, 0.29) is 5.92 Å². The van der Waals surface area contributed by atoms with Gasteiger partial charge in [-0.05, 0) is 85.0 Å². The Balaban J connectivity index is 1.05. The smallest absolute Gasteiger partial charge is 0.143 e. The lowest BCUT2D eigenvalue weighted by atomic mass is 9.83. The molecule has 0 fully saturated rings. The fourth-order valence-electron chi connectivity index (χ4n) is 8.19. The average molecular weight is 715 g/mol. The van der Waals surface area contributed by atoms with Crippen molar-refractivity contribution in [1.29, 1.82) is 0 Å². The highest BCUT2D eigenvalue weighted by molar-refractivity contribution is 6.09. The maximum absolute atomic E-state index is 6.49. The summed E-state index contributed by atoms with van der Waals surface area (Å²) in [5, 5.41) is 2.28. The van der Waals surface area contributed by atoms with E-state index in [1.54, 1.807) is 0 Å². The first kappa shape index (κ1) is 33.4. The second kappa shape index (κ2) is 14.5. The van der Waals surface area contributed by atoms with Gasteiger partial charge in [0, 0.05) is 22.3 Å². The Morgan fingerprint density at radius 1 is 0.268 bits per heavy atom. The highest BCUT2D eigenvalue weighted by Crippen LogP contribution is 2.40. The van der Waals surface area contributed by atoms with Crippen LogP contribution in [-0.2, 0) is 0 Å². The molecule has 10 aromatic rings. The number of rotatable bonds is 8. The molecule has 0 aliphatic rings. The van der Waals surface area contributed by atoms with Crippen LogP contribution in [-0.4, -0.2) is 0 Å². The maximum Gasteiger partial charge on any atom is 0.143 e. The lowest BCUT2D eigenvalue weighted by molar-refractivity contribution is 0.670. The second-order valence-electron chi connectivity index (χ2n) is 14.5. The number of hydrogen-bond donors (Lipinski definition) is 0. The molecule has 1 aromatic heterocycles. The maximum atomic E-state index is 6.49. The van der Waals surface area contributed by atoms with Gasteiger partial charge >= 0.3 is 0 Å². The van der Waals surface area contributed by atoms with E-state index in [1.165, 1.54) is 61.2 Å². The minimum absolute atomic E-state index is 0.0132. The molecule has 0 spiro atoms. The van der Waals surface area contributed by atoms with Crippen LogP contribution in [0.4, 0.5) is 0 Å². The van der Waals surface area contributed by atoms with E-state index >= 15 is 0 Å². The van der Waals surface area contributed by atoms with E-state index in [9.17, 15) is 0 Å². The molecule has 1 heteroatoms. The molecule has 0 unspecified atom stereocenters. The van der Waals surface area contributed by atoms with E-state index in [1.807, 2.05) is 6.07 Å². The molecule has 0 amide bonds. The standard InChI is InChI=1S/C55H38O/c1-3-13-38(14-4-1)44-17-9-19-46(35-44)40-27-31-42(32-28-40)54(43-33-29-41(30-34-43)47-20-10-18-45(36-47)39-15-5-2-6-16-39)49-22-11-21-48(37-49)50-24-12-25-52-51-23-7-8-26-53(51)56-55(50)52/h1-37,54H. The molecule has 1 heterocycles. The first-order valence-corrected chi connectivity index (χ1v) is 19.3. The summed E-state index contributed by atoms with van der Waals surface area (Å²) in [4.78, 5) is 0. The van der Waals surface area contributed by atoms with Crippen LogP contribution in [0.3, 0.4) is 0 Å². The number of hydrogen-bond acceptors (Lipinski definition) is 1. The van der Waals surface area contributed by atoms with Crippen LogP contribution in [0.1, 0.15) is 22.6 Å². The van der Waals surface area contributed by atoms with Gasteiger partial charge in [0.2, 0.25) is 0 Å². The topological polar surface area (TPSA) is 13.1 Å². The van der Waals surface area contributed by atoms with Crippen molar-refractivity contribution in [3.05, 3.63) is 241 Å². The summed E-state index contributed by atoms with van der Waals surface area (Å²) in [6.45, 7) is 0. The molecule has 0 aliphatic heterocycles. The monoisotopic (exact) mass is 714 g/mol. The number of fused-ring (bicyclic) bond motifs is 3. The predicted octanol–water partition coefficient (Wildman–Crippen LogP) is 15.1. The molecule has 0 N–H and O–H groups in total. The second-order valence-corrected chi connectivity index (χ2v) is 14.5. The van der Waals surface area contributed by atoms with Gasteiger partial charge in [-0.2, -0.15) is 0 Å². The zero-order valence-corrected chi connectivity index (χ0v) is 30.8. The Kier molecular flexibility index (Phi) is 8.67. The lowest BCUT2D eigenvalue weighted by Gasteiger charge is -2.21. The lowest BCUT2D eigenvalue weighted by Crippen LogP contribution is -2.04. The molecule has 264 valence electrons. The highest BCUT2D eigenvalue weighted by atomic mass is 16.3. The zero-order chi connectivity index (χ0) is 37.3. The summed E-state index contributed by atoms with van der Waals surface area (Å²) in [6, 6.07) is 80.9. The fourth-order valence-corrected chi connectivity index (χ4v) is 8.19. The largest absolute Gasteiger partial charge is 0.455 e. The van der Waals surface area contributed by atoms with Gasteiger partial charge in [0.15, 0.2) is 0 Å². The summed E-state index contributed by atoms with van der Waals surface area (Å²) < 4.78 is 6.49. The molecule has 56 heavy (non-hydrogen) atoms. The van der Waals surface area contributed by atoms with Gasteiger partial charge in [0.1, 0.15) is 11.2 Å². The Morgan fingerprint density at radius 2 is 0.696 bits per heavy atom. The molecule has 9 aromatic carbocycles. The molecule has 0 radical (unpaired) electrons. The Hall–Kier alpha value is -7.22. The van der Waals surface area contributed by atoms with E-state index < -0.39 is 0 Å². The summed E-state index contributed by atoms with van der Waals surface area (Å²) in [7, 11) is 0. The summed E-state index contributed by atoms with van der Waals surface area (Å²) in [5.41, 5.74) is 17.5. The van der Waals surface area contributed by atoms with Crippen LogP contribution < -0.4 is 0 Å². The van der Waals surface area contributed by atoms with Crippen molar-refractivity contribution in [3.8, 4) is 55.6 Å². The zero-order valence-electron chi connectivity index (χ0n) is 30.8. The first-order valence-electron chi connectivity index (χ1n) is 19.3. The molecule has 0 aliphatic carbocycles. The van der Waals surface area contributed by atoms with Crippen molar-refractivity contribution >= 4 is 21.9 Å². The normalized spacial score (nSPS) is 11.4. The van der Waals surface area contributed by atoms with Crippen LogP contribution in [0, 0.1) is 0 Å². The SMILES string of the molecule is c1ccc(-c2cccc(-c3ccc(C(c4ccc(-c5cccc(-c6ccccc6)c5)cc4)c4cccc(-c5cccc6c5oc5ccccc56)c4)cc3)c2)cc1. The minimum Gasteiger partial charge on any atom is -0.455 e. The van der Waals surface area contributed by atoms with Crippen molar-refractivity contribution in [2.75, 3.05) is 0 Å². The van der Waals surface area contributed by atoms with Crippen LogP contribution in [0.25, 0.3) is 77.6 Å². The predicted molar refractivity (Wildman–Crippen MR) is 235 cm³/mol. The van der Waals surface area contributed by atoms with Gasteiger partial charge in [0.25, 0.3) is 0 Å². The van der Waals surface area contributed by atoms with Gasteiger partial charge < -0.3 is 4.42 Å². The van der Waals surface area contributed by atoms with Crippen molar-refractivity contribution < 1.29 is 4.42 Å². The van der Waals surface area contributed by atoms with Crippen molar-refractivity contribution in [2.24, 2.45) is 0 Å². The van der Waals surface area contributed by atoms with Crippen LogP contribution in [0.5, 0.6) is 0 Å². The van der Waals surface area contributed by atoms with Crippen LogP contribution >= 0.6 is 0 Å². The van der Waals surface area contributed by atoms with Gasteiger partial charge in [-0.3, -0.25) is 0 Å². The third-order valence-electron chi connectivity index (χ3n) is 11.0. The van der Waals surface area contributed by atoms with E-state index in [0.29, 0.717) is 0 Å². The molecule has 0 atom stereocenters. The Bertz CT molecular complexity index is 2810. The van der Waals surface area contributed by atoms with E-state index in [0.717, 1.165) is 33.1 Å². The molecule has 0 saturated heterocycles. The first-order chi connectivity index (χ1) is 27.7. The Labute approximate surface area is 327 Å². The van der Waals surface area contributed by atoms with Crippen LogP contribution in [0.2, 0.25) is 0 Å². The van der Waals surface area contributed by atoms with Gasteiger partial charge in [-0.15, -0.1) is 0 Å². The third-order valence-corrected chi connectivity index (χ3v) is 11.0. The van der Waals surface area contributed by atoms with E-state index in [4.69, 9.17) is 4.42 Å². The molecular weight excluding hydrogens is 677 g/mol. The van der Waals surface area contributed by atoms with Gasteiger partial charge in [-0.1, -0.05) is 206 Å². The molecule has 0 bridgehead atoms. The summed E-state index contributed by atoms with van der Waals surface area (Å²) in [5.74, 6) is 0.0132. The minimum atomic E-state index is 0.0132. The molecular formula is C55H38O. The van der Waals surface area contributed by atoms with Crippen molar-refractivity contribution in [3.63, 3.8) is 0 Å². The van der Waals surface area contributed by atoms with Crippen molar-refractivity contribution in [2.45, 2.75) is 5.92 Å². The van der Waals surface area contributed by atoms with Crippen LogP contribution in [0.15, 0.2) is 229 Å². The average Bonchev–Trinajstić information content (AvgIpc) is 3.67. The number of para-hydroxylation sites is 2. The molecule has 10 rings (SSSR count). The van der Waals surface area contributed by atoms with Crippen molar-refractivity contribution in [1.82, 2.24) is 0 Å². The summed E-state index contributed by atoms with van der Waals surface area (Å²) >= 11 is 0. The third kappa shape index (κ3) is 6.40. The quantitative estimate of drug-likeness (QED) is 0.143. The van der Waals surface area contributed by atoms with E-state index in [2.05, 4.69) is 218 Å². The van der Waals surface area contributed by atoms with Gasteiger partial charge in [0.05, 0.1) is 0 Å². The highest BCUT2D eigenvalue weighted by Gasteiger charge is 2.20. The fraction of sp³-hybridized carbons (Fsp3) is 0.0182. The molecule has 0 saturated carbocycles. The van der Waals surface area contributed by atoms with Gasteiger partial charge in [-0.25, -0.2) is 0 Å².